The number of carbonyl (C=O) groups excluding carboxylic acids is 2. The number of ketones is 1. The van der Waals surface area contributed by atoms with E-state index in [4.69, 9.17) is 4.74 Å². The molecule has 0 radical (unpaired) electrons. The van der Waals surface area contributed by atoms with Gasteiger partial charge >= 0.3 is 5.97 Å². The van der Waals surface area contributed by atoms with Crippen LogP contribution in [0.2, 0.25) is 0 Å². The number of carbonyl (C=O) groups is 2. The summed E-state index contributed by atoms with van der Waals surface area (Å²) in [6.45, 7) is -0.271. The van der Waals surface area contributed by atoms with E-state index in [9.17, 15) is 9.59 Å². The van der Waals surface area contributed by atoms with Crippen LogP contribution in [0.5, 0.6) is 0 Å². The van der Waals surface area contributed by atoms with E-state index in [0.29, 0.717) is 11.1 Å². The lowest BCUT2D eigenvalue weighted by Gasteiger charge is -2.04. The first-order chi connectivity index (χ1) is 10.6. The summed E-state index contributed by atoms with van der Waals surface area (Å²) in [6.07, 6.45) is 1.64. The maximum absolute atomic E-state index is 12.2. The van der Waals surface area contributed by atoms with Gasteiger partial charge in [-0.15, -0.1) is 0 Å². The van der Waals surface area contributed by atoms with Crippen molar-refractivity contribution in [2.45, 2.75) is 0 Å². The molecule has 0 amide bonds. The largest absolute Gasteiger partial charge is 0.454 e. The number of esters is 1. The molecule has 0 atom stereocenters. The van der Waals surface area contributed by atoms with Gasteiger partial charge in [-0.2, -0.15) is 0 Å². The van der Waals surface area contributed by atoms with Crippen LogP contribution in [0.25, 0.3) is 10.9 Å². The van der Waals surface area contributed by atoms with Gasteiger partial charge in [-0.05, 0) is 52.9 Å². The van der Waals surface area contributed by atoms with Crippen LogP contribution in [0.15, 0.2) is 54.7 Å². The second-order valence-electron chi connectivity index (χ2n) is 4.75. The summed E-state index contributed by atoms with van der Waals surface area (Å²) in [5.74, 6) is -0.721. The van der Waals surface area contributed by atoms with E-state index in [2.05, 4.69) is 27.6 Å². The highest BCUT2D eigenvalue weighted by atomic mass is 127. The van der Waals surface area contributed by atoms with Crippen LogP contribution in [-0.4, -0.2) is 23.3 Å². The highest BCUT2D eigenvalue weighted by Gasteiger charge is 2.15. The molecule has 0 bridgehead atoms. The van der Waals surface area contributed by atoms with Crippen LogP contribution in [0, 0.1) is 3.57 Å². The van der Waals surface area contributed by atoms with E-state index in [0.717, 1.165) is 14.5 Å². The number of H-pyrrole nitrogens is 1. The molecule has 0 unspecified atom stereocenters. The normalized spacial score (nSPS) is 10.6. The second kappa shape index (κ2) is 6.31. The first-order valence-corrected chi connectivity index (χ1v) is 7.75. The lowest BCUT2D eigenvalue weighted by molar-refractivity contribution is 0.0475. The number of halogens is 1. The van der Waals surface area contributed by atoms with Crippen LogP contribution in [0.4, 0.5) is 0 Å². The van der Waals surface area contributed by atoms with Gasteiger partial charge in [0, 0.05) is 26.2 Å². The minimum atomic E-state index is -0.496. The van der Waals surface area contributed by atoms with Crippen molar-refractivity contribution in [1.82, 2.24) is 4.98 Å². The molecule has 5 heteroatoms. The van der Waals surface area contributed by atoms with Crippen LogP contribution in [-0.2, 0) is 4.74 Å². The summed E-state index contributed by atoms with van der Waals surface area (Å²) in [5.41, 5.74) is 1.85. The van der Waals surface area contributed by atoms with Crippen molar-refractivity contribution in [2.75, 3.05) is 6.61 Å². The fourth-order valence-corrected chi connectivity index (χ4v) is 2.54. The van der Waals surface area contributed by atoms with Crippen molar-refractivity contribution < 1.29 is 14.3 Å². The molecule has 110 valence electrons. The molecule has 4 nitrogen and oxygen atoms in total. The average Bonchev–Trinajstić information content (AvgIpc) is 2.97. The van der Waals surface area contributed by atoms with Gasteiger partial charge in [0.05, 0.1) is 5.56 Å². The Morgan fingerprint density at radius 3 is 2.55 bits per heavy atom. The Labute approximate surface area is 140 Å². The van der Waals surface area contributed by atoms with Crippen LogP contribution >= 0.6 is 22.6 Å². The molecular weight excluding hydrogens is 393 g/mol. The van der Waals surface area contributed by atoms with Gasteiger partial charge in [0.1, 0.15) is 0 Å². The third-order valence-corrected chi connectivity index (χ3v) is 4.02. The van der Waals surface area contributed by atoms with Gasteiger partial charge in [-0.25, -0.2) is 4.79 Å². The second-order valence-corrected chi connectivity index (χ2v) is 6.00. The van der Waals surface area contributed by atoms with Crippen molar-refractivity contribution in [3.63, 3.8) is 0 Å². The van der Waals surface area contributed by atoms with Crippen molar-refractivity contribution in [3.05, 3.63) is 69.4 Å². The zero-order valence-electron chi connectivity index (χ0n) is 11.5. The van der Waals surface area contributed by atoms with Gasteiger partial charge in [0.25, 0.3) is 0 Å². The summed E-state index contributed by atoms with van der Waals surface area (Å²) >= 11 is 2.16. The van der Waals surface area contributed by atoms with E-state index in [-0.39, 0.29) is 12.4 Å². The molecule has 0 aliphatic rings. The van der Waals surface area contributed by atoms with E-state index in [1.54, 1.807) is 18.3 Å². The molecule has 0 aliphatic heterocycles. The minimum Gasteiger partial charge on any atom is -0.454 e. The quantitative estimate of drug-likeness (QED) is 0.408. The van der Waals surface area contributed by atoms with E-state index < -0.39 is 5.97 Å². The number of ether oxygens (including phenoxy) is 1. The number of nitrogens with one attached hydrogen (secondary N) is 1. The third kappa shape index (κ3) is 3.04. The first kappa shape index (κ1) is 14.8. The molecule has 1 N–H and O–H groups in total. The summed E-state index contributed by atoms with van der Waals surface area (Å²) < 4.78 is 6.13. The molecule has 3 aromatic rings. The summed E-state index contributed by atoms with van der Waals surface area (Å²) in [6, 6.07) is 14.5. The fraction of sp³-hybridized carbons (Fsp3) is 0.0588. The highest BCUT2D eigenvalue weighted by molar-refractivity contribution is 14.1. The molecule has 0 saturated carbocycles. The van der Waals surface area contributed by atoms with E-state index in [1.165, 1.54) is 0 Å². The van der Waals surface area contributed by atoms with Gasteiger partial charge in [-0.1, -0.05) is 18.2 Å². The predicted octanol–water partition coefficient (Wildman–Crippen LogP) is 3.81. The zero-order valence-corrected chi connectivity index (χ0v) is 13.7. The Hall–Kier alpha value is -2.15. The smallest absolute Gasteiger partial charge is 0.338 e. The van der Waals surface area contributed by atoms with Gasteiger partial charge in [0.2, 0.25) is 5.78 Å². The number of hydrogen-bond donors (Lipinski definition) is 1. The zero-order chi connectivity index (χ0) is 15.5. The Morgan fingerprint density at radius 1 is 1.05 bits per heavy atom. The standard InChI is InChI=1S/C17H12INO3/c18-12-7-5-11(6-8-12)17(21)22-10-16(20)14-9-19-15-4-2-1-3-13(14)15/h1-9,19H,10H2. The fourth-order valence-electron chi connectivity index (χ4n) is 2.18. The number of rotatable bonds is 4. The topological polar surface area (TPSA) is 59.2 Å². The van der Waals surface area contributed by atoms with Crippen molar-refractivity contribution in [3.8, 4) is 0 Å². The monoisotopic (exact) mass is 405 g/mol. The molecule has 1 aromatic heterocycles. The van der Waals surface area contributed by atoms with Crippen LogP contribution in [0.3, 0.4) is 0 Å². The van der Waals surface area contributed by atoms with E-state index >= 15 is 0 Å². The summed E-state index contributed by atoms with van der Waals surface area (Å²) in [4.78, 5) is 27.2. The van der Waals surface area contributed by atoms with E-state index in [1.807, 2.05) is 36.4 Å². The molecular formula is C17H12INO3. The number of benzene rings is 2. The summed E-state index contributed by atoms with van der Waals surface area (Å²) in [5, 5.41) is 0.831. The predicted molar refractivity (Wildman–Crippen MR) is 92.1 cm³/mol. The molecule has 22 heavy (non-hydrogen) atoms. The van der Waals surface area contributed by atoms with Crippen molar-refractivity contribution in [2.24, 2.45) is 0 Å². The SMILES string of the molecule is O=C(OCC(=O)c1c[nH]c2ccccc12)c1ccc(I)cc1. The summed E-state index contributed by atoms with van der Waals surface area (Å²) in [7, 11) is 0. The minimum absolute atomic E-state index is 0.226. The average molecular weight is 405 g/mol. The number of aromatic nitrogens is 1. The maximum Gasteiger partial charge on any atom is 0.338 e. The van der Waals surface area contributed by atoms with Crippen LogP contribution < -0.4 is 0 Å². The van der Waals surface area contributed by atoms with Crippen LogP contribution in [0.1, 0.15) is 20.7 Å². The molecule has 0 saturated heterocycles. The number of para-hydroxylation sites is 1. The van der Waals surface area contributed by atoms with Crippen molar-refractivity contribution >= 4 is 45.2 Å². The van der Waals surface area contributed by atoms with Gasteiger partial charge in [0.15, 0.2) is 6.61 Å². The highest BCUT2D eigenvalue weighted by Crippen LogP contribution is 2.18. The molecule has 0 spiro atoms. The van der Waals surface area contributed by atoms with Gasteiger partial charge < -0.3 is 9.72 Å². The number of Topliss-reactive ketones (excluding diaryl/α,β-unsaturated/α-hetero) is 1. The Bertz CT molecular complexity index is 836. The Kier molecular flexibility index (Phi) is 4.24. The Balaban J connectivity index is 1.70. The molecule has 1 heterocycles. The lowest BCUT2D eigenvalue weighted by Crippen LogP contribution is -2.14. The molecule has 0 fully saturated rings. The molecule has 2 aromatic carbocycles. The maximum atomic E-state index is 12.2. The van der Waals surface area contributed by atoms with Crippen molar-refractivity contribution in [1.29, 1.82) is 0 Å². The number of fused-ring (bicyclic) bond motifs is 1. The Morgan fingerprint density at radius 2 is 1.77 bits per heavy atom. The third-order valence-electron chi connectivity index (χ3n) is 3.30. The number of aromatic amines is 1. The molecule has 3 rings (SSSR count). The number of hydrogen-bond acceptors (Lipinski definition) is 3. The lowest BCUT2D eigenvalue weighted by atomic mass is 10.1. The van der Waals surface area contributed by atoms with Gasteiger partial charge in [-0.3, -0.25) is 4.79 Å². The molecule has 0 aliphatic carbocycles. The first-order valence-electron chi connectivity index (χ1n) is 6.67.